The Hall–Kier alpha value is 3.38. The third kappa shape index (κ3) is 16.2. The molecule has 7 heteroatoms. The molecular formula is CH7K2O4P. The predicted octanol–water partition coefficient (Wildman–Crippen LogP) is -1.57. The second-order valence-electron chi connectivity index (χ2n) is 0.673. The van der Waals surface area contributed by atoms with Gasteiger partial charge in [-0.3, -0.25) is 4.52 Å². The van der Waals surface area contributed by atoms with E-state index in [0.29, 0.717) is 0 Å². The van der Waals surface area contributed by atoms with Crippen molar-refractivity contribution in [1.82, 2.24) is 0 Å². The van der Waals surface area contributed by atoms with E-state index in [2.05, 4.69) is 4.52 Å². The Labute approximate surface area is 133 Å². The summed E-state index contributed by atoms with van der Waals surface area (Å²) in [6, 6.07) is 0. The Morgan fingerprint density at radius 2 is 1.50 bits per heavy atom. The number of hydrogen-bond donors (Lipinski definition) is 2. The number of hydrogen-bond acceptors (Lipinski definition) is 2. The molecule has 0 aliphatic heterocycles. The fourth-order valence-corrected chi connectivity index (χ4v) is 0. The van der Waals surface area contributed by atoms with E-state index in [4.69, 9.17) is 9.79 Å². The first-order chi connectivity index (χ1) is 2.56. The summed E-state index contributed by atoms with van der Waals surface area (Å²) in [5.41, 5.74) is 0. The molecule has 8 heavy (non-hydrogen) atoms. The van der Waals surface area contributed by atoms with Crippen molar-refractivity contribution in [3.63, 3.8) is 0 Å². The van der Waals surface area contributed by atoms with Crippen LogP contribution in [0.1, 0.15) is 0 Å². The van der Waals surface area contributed by atoms with Crippen molar-refractivity contribution in [2.75, 3.05) is 7.11 Å². The van der Waals surface area contributed by atoms with E-state index in [1.165, 1.54) is 0 Å². The molecule has 0 aliphatic carbocycles. The zero-order chi connectivity index (χ0) is 5.21. The van der Waals surface area contributed by atoms with Gasteiger partial charge in [-0.25, -0.2) is 4.57 Å². The van der Waals surface area contributed by atoms with E-state index >= 15 is 0 Å². The van der Waals surface area contributed by atoms with Crippen LogP contribution < -0.4 is 0 Å². The van der Waals surface area contributed by atoms with E-state index in [-0.39, 0.29) is 103 Å². The minimum absolute atomic E-state index is 0. The van der Waals surface area contributed by atoms with Crippen molar-refractivity contribution in [1.29, 1.82) is 0 Å². The molecule has 0 fully saturated rings. The van der Waals surface area contributed by atoms with Crippen molar-refractivity contribution >= 4 is 111 Å². The quantitative estimate of drug-likeness (QED) is 0.389. The van der Waals surface area contributed by atoms with Gasteiger partial charge in [-0.05, 0) is 0 Å². The van der Waals surface area contributed by atoms with Crippen LogP contribution in [0.3, 0.4) is 0 Å². The van der Waals surface area contributed by atoms with Gasteiger partial charge in [0.2, 0.25) is 0 Å². The van der Waals surface area contributed by atoms with E-state index in [1.54, 1.807) is 0 Å². The zero-order valence-electron chi connectivity index (χ0n) is 3.16. The molecule has 42 valence electrons. The topological polar surface area (TPSA) is 66.8 Å². The van der Waals surface area contributed by atoms with Gasteiger partial charge in [0.25, 0.3) is 0 Å². The molecule has 0 saturated carbocycles. The van der Waals surface area contributed by atoms with Gasteiger partial charge in [0, 0.05) is 7.11 Å². The third-order valence-corrected chi connectivity index (χ3v) is 0.714. The molecule has 0 bridgehead atoms. The van der Waals surface area contributed by atoms with E-state index < -0.39 is 7.82 Å². The zero-order valence-corrected chi connectivity index (χ0v) is 4.05. The van der Waals surface area contributed by atoms with E-state index in [9.17, 15) is 4.57 Å². The van der Waals surface area contributed by atoms with Gasteiger partial charge < -0.3 is 9.79 Å². The Bertz CT molecular complexity index is 78.1. The summed E-state index contributed by atoms with van der Waals surface area (Å²) < 4.78 is 13.1. The van der Waals surface area contributed by atoms with Crippen LogP contribution in [0.25, 0.3) is 0 Å². The molecule has 0 aromatic carbocycles. The van der Waals surface area contributed by atoms with Crippen molar-refractivity contribution in [2.24, 2.45) is 0 Å². The first kappa shape index (κ1) is 17.5. The second-order valence-corrected chi connectivity index (χ2v) is 2.02. The van der Waals surface area contributed by atoms with Crippen molar-refractivity contribution in [3.05, 3.63) is 0 Å². The molecule has 0 spiro atoms. The van der Waals surface area contributed by atoms with Crippen LogP contribution in [-0.2, 0) is 9.09 Å². The molecule has 0 saturated heterocycles. The van der Waals surface area contributed by atoms with Crippen LogP contribution in [0.5, 0.6) is 0 Å². The van der Waals surface area contributed by atoms with Gasteiger partial charge in [0.15, 0.2) is 0 Å². The van der Waals surface area contributed by atoms with Crippen LogP contribution in [0, 0.1) is 0 Å². The molecular weight excluding hydrogens is 185 g/mol. The molecule has 0 aromatic rings. The van der Waals surface area contributed by atoms with Crippen LogP contribution in [-0.4, -0.2) is 120 Å². The van der Waals surface area contributed by atoms with Crippen LogP contribution in [0.15, 0.2) is 0 Å². The Kier molecular flexibility index (Phi) is 18.5. The molecule has 0 amide bonds. The predicted molar refractivity (Wildman–Crippen MR) is 33.4 cm³/mol. The minimum atomic E-state index is -4.15. The maximum absolute atomic E-state index is 9.47. The summed E-state index contributed by atoms with van der Waals surface area (Å²) in [5.74, 6) is 0. The molecule has 0 aliphatic rings. The van der Waals surface area contributed by atoms with Crippen LogP contribution in [0.4, 0.5) is 0 Å². The summed E-state index contributed by atoms with van der Waals surface area (Å²) in [6.45, 7) is 0. The molecule has 0 atom stereocenters. The fraction of sp³-hybridized carbons (Fsp3) is 1.00. The third-order valence-electron chi connectivity index (χ3n) is 0.238. The first-order valence-electron chi connectivity index (χ1n) is 1.17. The Morgan fingerprint density at radius 3 is 1.50 bits per heavy atom. The summed E-state index contributed by atoms with van der Waals surface area (Å²) in [6.07, 6.45) is 0. The van der Waals surface area contributed by atoms with Crippen molar-refractivity contribution in [3.8, 4) is 0 Å². The molecule has 0 radical (unpaired) electrons. The molecule has 0 unspecified atom stereocenters. The van der Waals surface area contributed by atoms with Crippen LogP contribution in [0.2, 0.25) is 0 Å². The number of rotatable bonds is 1. The second kappa shape index (κ2) is 8.48. The monoisotopic (exact) mass is 192 g/mol. The number of phosphoric ester groups is 1. The van der Waals surface area contributed by atoms with E-state index in [1.807, 2.05) is 0 Å². The van der Waals surface area contributed by atoms with Gasteiger partial charge >= 0.3 is 111 Å². The summed E-state index contributed by atoms with van der Waals surface area (Å²) in [7, 11) is -3.20. The molecule has 4 nitrogen and oxygen atoms in total. The first-order valence-corrected chi connectivity index (χ1v) is 2.70. The number of phosphoric acid groups is 1. The van der Waals surface area contributed by atoms with Gasteiger partial charge in [0.1, 0.15) is 0 Å². The average molecular weight is 192 g/mol. The van der Waals surface area contributed by atoms with Crippen molar-refractivity contribution < 1.29 is 18.9 Å². The van der Waals surface area contributed by atoms with Crippen LogP contribution >= 0.6 is 7.82 Å². The average Bonchev–Trinajstić information content (AvgIpc) is 1.35. The molecule has 0 rings (SSSR count). The van der Waals surface area contributed by atoms with Crippen molar-refractivity contribution in [2.45, 2.75) is 0 Å². The normalized spacial score (nSPS) is 8.88. The molecule has 0 heterocycles. The summed E-state index contributed by atoms with van der Waals surface area (Å²) in [4.78, 5) is 15.4. The van der Waals surface area contributed by atoms with Gasteiger partial charge in [-0.2, -0.15) is 0 Å². The van der Waals surface area contributed by atoms with E-state index in [0.717, 1.165) is 7.11 Å². The summed E-state index contributed by atoms with van der Waals surface area (Å²) >= 11 is 0. The maximum atomic E-state index is 9.47. The molecule has 2 N–H and O–H groups in total. The van der Waals surface area contributed by atoms with Gasteiger partial charge in [-0.15, -0.1) is 0 Å². The summed E-state index contributed by atoms with van der Waals surface area (Å²) in [5, 5.41) is 0. The SMILES string of the molecule is COP(=O)(O)O.[KH].[KH]. The Balaban J connectivity index is -0.000000125. The standard InChI is InChI=1S/CH5O4P.2K.2H/c1-5-6(2,3)4;;;;/h1H3,(H2,2,3,4);;;;. The molecule has 0 aromatic heterocycles. The fourth-order valence-electron chi connectivity index (χ4n) is 0. The van der Waals surface area contributed by atoms with Gasteiger partial charge in [0.05, 0.1) is 0 Å². The Morgan fingerprint density at radius 1 is 1.38 bits per heavy atom. The van der Waals surface area contributed by atoms with Gasteiger partial charge in [-0.1, -0.05) is 0 Å².